The summed E-state index contributed by atoms with van der Waals surface area (Å²) in [5, 5.41) is 0. The summed E-state index contributed by atoms with van der Waals surface area (Å²) in [5.74, 6) is 0.803. The number of ether oxygens (including phenoxy) is 1. The smallest absolute Gasteiger partial charge is 0.323 e. The Balaban J connectivity index is 1.88. The lowest BCUT2D eigenvalue weighted by molar-refractivity contribution is -0.144. The largest absolute Gasteiger partial charge is 0.468 e. The maximum absolute atomic E-state index is 11.6. The Morgan fingerprint density at radius 3 is 2.94 bits per heavy atom. The lowest BCUT2D eigenvalue weighted by Gasteiger charge is -2.20. The summed E-state index contributed by atoms with van der Waals surface area (Å²) in [4.78, 5) is 11.6. The van der Waals surface area contributed by atoms with Gasteiger partial charge in [0.2, 0.25) is 0 Å². The minimum Gasteiger partial charge on any atom is -0.468 e. The van der Waals surface area contributed by atoms with Crippen LogP contribution in [0.2, 0.25) is 0 Å². The Morgan fingerprint density at radius 1 is 1.47 bits per heavy atom. The normalized spacial score (nSPS) is 20.4. The van der Waals surface area contributed by atoms with Crippen molar-refractivity contribution < 1.29 is 9.53 Å². The molecule has 1 atom stereocenters. The van der Waals surface area contributed by atoms with Crippen molar-refractivity contribution >= 4 is 17.9 Å². The molecule has 0 N–H and O–H groups in total. The molecule has 1 heterocycles. The number of carbonyl (C=O) groups excluding carboxylic acids is 1. The predicted molar refractivity (Wildman–Crippen MR) is 69.5 cm³/mol. The lowest BCUT2D eigenvalue weighted by atomic mass is 10.2. The van der Waals surface area contributed by atoms with E-state index in [1.807, 2.05) is 18.2 Å². The molecular weight excluding hydrogens is 234 g/mol. The number of methoxy groups -OCH3 is 1. The highest BCUT2D eigenvalue weighted by Crippen LogP contribution is 2.28. The molecule has 17 heavy (non-hydrogen) atoms. The number of benzene rings is 1. The van der Waals surface area contributed by atoms with Crippen LogP contribution in [0.5, 0.6) is 0 Å². The molecule has 0 amide bonds. The van der Waals surface area contributed by atoms with Gasteiger partial charge >= 0.3 is 5.97 Å². The highest BCUT2D eigenvalue weighted by atomic mass is 32.2. The van der Waals surface area contributed by atoms with Crippen molar-refractivity contribution in [3.63, 3.8) is 0 Å². The number of nitrogens with zero attached hydrogens (tertiary/aromatic N) is 1. The molecule has 2 rings (SSSR count). The quantitative estimate of drug-likeness (QED) is 0.607. The monoisotopic (exact) mass is 251 g/mol. The fourth-order valence-corrected chi connectivity index (χ4v) is 3.13. The minimum absolute atomic E-state index is 0.0614. The van der Waals surface area contributed by atoms with Gasteiger partial charge in [-0.1, -0.05) is 42.3 Å². The summed E-state index contributed by atoms with van der Waals surface area (Å²) >= 11 is 1.72. The minimum atomic E-state index is -0.108. The van der Waals surface area contributed by atoms with E-state index in [2.05, 4.69) is 16.4 Å². The molecule has 92 valence electrons. The van der Waals surface area contributed by atoms with Crippen LogP contribution in [0.1, 0.15) is 18.4 Å². The second kappa shape index (κ2) is 6.07. The summed E-state index contributed by atoms with van der Waals surface area (Å²) in [6, 6.07) is 10.2. The van der Waals surface area contributed by atoms with Gasteiger partial charge in [0.25, 0.3) is 0 Å². The van der Waals surface area contributed by atoms with E-state index in [1.165, 1.54) is 12.7 Å². The highest BCUT2D eigenvalue weighted by Gasteiger charge is 2.31. The van der Waals surface area contributed by atoms with Crippen LogP contribution in [-0.2, 0) is 15.3 Å². The van der Waals surface area contributed by atoms with Crippen LogP contribution in [0.3, 0.4) is 0 Å². The first-order chi connectivity index (χ1) is 8.31. The SMILES string of the molecule is COC(=O)C1CCCN1SCc1ccccc1. The first-order valence-electron chi connectivity index (χ1n) is 5.82. The first kappa shape index (κ1) is 12.5. The predicted octanol–water partition coefficient (Wildman–Crippen LogP) is 2.47. The van der Waals surface area contributed by atoms with Crippen molar-refractivity contribution in [2.75, 3.05) is 13.7 Å². The topological polar surface area (TPSA) is 29.5 Å². The van der Waals surface area contributed by atoms with Gasteiger partial charge in [0.1, 0.15) is 6.04 Å². The molecule has 3 nitrogen and oxygen atoms in total. The van der Waals surface area contributed by atoms with E-state index in [1.54, 1.807) is 11.9 Å². The van der Waals surface area contributed by atoms with Gasteiger partial charge in [-0.15, -0.1) is 0 Å². The standard InChI is InChI=1S/C13H17NO2S/c1-16-13(15)12-8-5-9-14(12)17-10-11-6-3-2-4-7-11/h2-4,6-7,12H,5,8-10H2,1H3. The first-order valence-corrected chi connectivity index (χ1v) is 6.77. The summed E-state index contributed by atoms with van der Waals surface area (Å²) in [7, 11) is 1.46. The zero-order chi connectivity index (χ0) is 12.1. The molecule has 0 saturated carbocycles. The van der Waals surface area contributed by atoms with E-state index >= 15 is 0 Å². The molecule has 0 aliphatic carbocycles. The average Bonchev–Trinajstić information content (AvgIpc) is 2.85. The van der Waals surface area contributed by atoms with Gasteiger partial charge in [-0.3, -0.25) is 4.79 Å². The molecule has 1 aliphatic rings. The van der Waals surface area contributed by atoms with E-state index in [0.29, 0.717) is 0 Å². The van der Waals surface area contributed by atoms with Crippen LogP contribution in [0.4, 0.5) is 0 Å². The van der Waals surface area contributed by atoms with Crippen molar-refractivity contribution in [2.45, 2.75) is 24.6 Å². The second-order valence-electron chi connectivity index (χ2n) is 4.08. The molecule has 1 saturated heterocycles. The summed E-state index contributed by atoms with van der Waals surface area (Å²) in [6.07, 6.45) is 1.98. The van der Waals surface area contributed by atoms with E-state index in [9.17, 15) is 4.79 Å². The fraction of sp³-hybridized carbons (Fsp3) is 0.462. The summed E-state index contributed by atoms with van der Waals surface area (Å²) in [6.45, 7) is 0.970. The number of carbonyl (C=O) groups is 1. The van der Waals surface area contributed by atoms with E-state index in [0.717, 1.165) is 25.1 Å². The molecule has 1 aliphatic heterocycles. The van der Waals surface area contributed by atoms with E-state index in [4.69, 9.17) is 4.74 Å². The number of hydrogen-bond donors (Lipinski definition) is 0. The van der Waals surface area contributed by atoms with Gasteiger partial charge in [0, 0.05) is 12.3 Å². The van der Waals surface area contributed by atoms with Gasteiger partial charge in [-0.2, -0.15) is 0 Å². The average molecular weight is 251 g/mol. The zero-order valence-electron chi connectivity index (χ0n) is 9.96. The molecule has 0 spiro atoms. The summed E-state index contributed by atoms with van der Waals surface area (Å²) < 4.78 is 6.97. The molecule has 1 aromatic rings. The third kappa shape index (κ3) is 3.23. The van der Waals surface area contributed by atoms with Crippen LogP contribution in [0.15, 0.2) is 30.3 Å². The van der Waals surface area contributed by atoms with Gasteiger partial charge in [-0.05, 0) is 18.4 Å². The molecule has 1 unspecified atom stereocenters. The number of rotatable bonds is 4. The van der Waals surface area contributed by atoms with Crippen LogP contribution in [0, 0.1) is 0 Å². The zero-order valence-corrected chi connectivity index (χ0v) is 10.8. The third-order valence-electron chi connectivity index (χ3n) is 2.92. The van der Waals surface area contributed by atoms with Crippen LogP contribution >= 0.6 is 11.9 Å². The Kier molecular flexibility index (Phi) is 4.45. The van der Waals surface area contributed by atoms with Gasteiger partial charge in [0.05, 0.1) is 7.11 Å². The summed E-state index contributed by atoms with van der Waals surface area (Å²) in [5.41, 5.74) is 1.29. The number of esters is 1. The fourth-order valence-electron chi connectivity index (χ4n) is 2.00. The number of hydrogen-bond acceptors (Lipinski definition) is 4. The van der Waals surface area contributed by atoms with Crippen LogP contribution in [-0.4, -0.2) is 30.0 Å². The van der Waals surface area contributed by atoms with Crippen molar-refractivity contribution in [3.05, 3.63) is 35.9 Å². The Morgan fingerprint density at radius 2 is 2.24 bits per heavy atom. The molecule has 1 aromatic carbocycles. The second-order valence-corrected chi connectivity index (χ2v) is 5.10. The van der Waals surface area contributed by atoms with E-state index < -0.39 is 0 Å². The molecule has 0 aromatic heterocycles. The lowest BCUT2D eigenvalue weighted by Crippen LogP contribution is -2.32. The van der Waals surface area contributed by atoms with Crippen molar-refractivity contribution in [1.82, 2.24) is 4.31 Å². The van der Waals surface area contributed by atoms with Crippen LogP contribution < -0.4 is 0 Å². The maximum Gasteiger partial charge on any atom is 0.323 e. The van der Waals surface area contributed by atoms with Gasteiger partial charge < -0.3 is 4.74 Å². The van der Waals surface area contributed by atoms with Crippen molar-refractivity contribution in [1.29, 1.82) is 0 Å². The highest BCUT2D eigenvalue weighted by molar-refractivity contribution is 7.96. The van der Waals surface area contributed by atoms with Gasteiger partial charge in [0.15, 0.2) is 0 Å². The molecule has 1 fully saturated rings. The Labute approximate surface area is 106 Å². The molecular formula is C13H17NO2S. The van der Waals surface area contributed by atoms with Crippen LogP contribution in [0.25, 0.3) is 0 Å². The van der Waals surface area contributed by atoms with Crippen molar-refractivity contribution in [2.24, 2.45) is 0 Å². The van der Waals surface area contributed by atoms with Gasteiger partial charge in [-0.25, -0.2) is 4.31 Å². The molecule has 0 bridgehead atoms. The molecule has 4 heteroatoms. The maximum atomic E-state index is 11.6. The third-order valence-corrected chi connectivity index (χ3v) is 4.15. The Bertz CT molecular complexity index is 369. The Hall–Kier alpha value is -1.00. The van der Waals surface area contributed by atoms with Crippen molar-refractivity contribution in [3.8, 4) is 0 Å². The molecule has 0 radical (unpaired) electrons. The van der Waals surface area contributed by atoms with E-state index in [-0.39, 0.29) is 12.0 Å².